The van der Waals surface area contributed by atoms with Gasteiger partial charge in [0.2, 0.25) is 0 Å². The Morgan fingerprint density at radius 2 is 1.92 bits per heavy atom. The molecule has 0 unspecified atom stereocenters. The molecule has 25 heavy (non-hydrogen) atoms. The fourth-order valence-corrected chi connectivity index (χ4v) is 3.15. The van der Waals surface area contributed by atoms with Gasteiger partial charge in [-0.15, -0.1) is 0 Å². The summed E-state index contributed by atoms with van der Waals surface area (Å²) in [5, 5.41) is 23.8. The molecule has 2 aromatic heterocycles. The molecule has 0 amide bonds. The zero-order valence-electron chi connectivity index (χ0n) is 13.9. The van der Waals surface area contributed by atoms with E-state index in [4.69, 9.17) is 16.7 Å². The fraction of sp³-hybridized carbons (Fsp3) is 0.158. The molecule has 0 atom stereocenters. The fourth-order valence-electron chi connectivity index (χ4n) is 2.98. The van der Waals surface area contributed by atoms with E-state index in [0.29, 0.717) is 16.3 Å². The van der Waals surface area contributed by atoms with Crippen molar-refractivity contribution in [3.63, 3.8) is 0 Å². The van der Waals surface area contributed by atoms with E-state index < -0.39 is 0 Å². The zero-order chi connectivity index (χ0) is 17.6. The number of rotatable bonds is 3. The normalized spacial score (nSPS) is 11.5. The van der Waals surface area contributed by atoms with Crippen LogP contribution in [0.2, 0.25) is 5.02 Å². The minimum absolute atomic E-state index is 0.139. The first-order valence-electron chi connectivity index (χ1n) is 8.06. The molecule has 0 bridgehead atoms. The van der Waals surface area contributed by atoms with Gasteiger partial charge in [0.1, 0.15) is 11.4 Å². The first-order chi connectivity index (χ1) is 12.0. The van der Waals surface area contributed by atoms with E-state index in [-0.39, 0.29) is 11.8 Å². The van der Waals surface area contributed by atoms with E-state index in [1.807, 2.05) is 28.9 Å². The number of phenols is 1. The summed E-state index contributed by atoms with van der Waals surface area (Å²) in [6.07, 6.45) is 0. The monoisotopic (exact) mass is 352 g/mol. The number of halogens is 1. The van der Waals surface area contributed by atoms with Crippen molar-refractivity contribution in [3.8, 4) is 28.4 Å². The van der Waals surface area contributed by atoms with Crippen LogP contribution in [0.25, 0.3) is 33.5 Å². The lowest BCUT2D eigenvalue weighted by molar-refractivity contribution is 0.477. The molecule has 4 rings (SSSR count). The molecule has 2 N–H and O–H groups in total. The van der Waals surface area contributed by atoms with Crippen molar-refractivity contribution in [2.24, 2.45) is 0 Å². The molecule has 5 nitrogen and oxygen atoms in total. The SMILES string of the molecule is CC(C)n1nc(-c2cc(-c3cc(Cl)ccc3O)n[nH]2)c2ccccc21. The molecule has 0 aliphatic carbocycles. The van der Waals surface area contributed by atoms with E-state index in [1.54, 1.807) is 18.2 Å². The van der Waals surface area contributed by atoms with Gasteiger partial charge in [-0.05, 0) is 44.2 Å². The highest BCUT2D eigenvalue weighted by molar-refractivity contribution is 6.31. The second-order valence-corrected chi connectivity index (χ2v) is 6.67. The predicted molar refractivity (Wildman–Crippen MR) is 99.8 cm³/mol. The molecule has 0 fully saturated rings. The summed E-state index contributed by atoms with van der Waals surface area (Å²) >= 11 is 6.04. The Morgan fingerprint density at radius 1 is 1.12 bits per heavy atom. The van der Waals surface area contributed by atoms with Crippen LogP contribution >= 0.6 is 11.6 Å². The number of H-pyrrole nitrogens is 1. The minimum Gasteiger partial charge on any atom is -0.507 e. The van der Waals surface area contributed by atoms with Crippen LogP contribution < -0.4 is 0 Å². The van der Waals surface area contributed by atoms with Gasteiger partial charge in [0, 0.05) is 22.0 Å². The van der Waals surface area contributed by atoms with Crippen LogP contribution in [0.1, 0.15) is 19.9 Å². The van der Waals surface area contributed by atoms with Crippen molar-refractivity contribution in [1.82, 2.24) is 20.0 Å². The number of hydrogen-bond acceptors (Lipinski definition) is 3. The van der Waals surface area contributed by atoms with E-state index in [0.717, 1.165) is 22.3 Å². The number of nitrogens with zero attached hydrogens (tertiary/aromatic N) is 3. The Balaban J connectivity index is 1.86. The average Bonchev–Trinajstić information content (AvgIpc) is 3.21. The lowest BCUT2D eigenvalue weighted by Gasteiger charge is -2.05. The summed E-state index contributed by atoms with van der Waals surface area (Å²) in [4.78, 5) is 0. The molecule has 2 aromatic carbocycles. The first-order valence-corrected chi connectivity index (χ1v) is 8.44. The topological polar surface area (TPSA) is 66.7 Å². The minimum atomic E-state index is 0.139. The summed E-state index contributed by atoms with van der Waals surface area (Å²) in [6.45, 7) is 4.21. The average molecular weight is 353 g/mol. The third-order valence-electron chi connectivity index (χ3n) is 4.17. The Kier molecular flexibility index (Phi) is 3.73. The molecule has 0 spiro atoms. The second-order valence-electron chi connectivity index (χ2n) is 6.23. The molecule has 126 valence electrons. The Bertz CT molecular complexity index is 1060. The molecule has 0 aliphatic heterocycles. The molecule has 0 saturated carbocycles. The summed E-state index contributed by atoms with van der Waals surface area (Å²) in [5.74, 6) is 0.139. The molecule has 6 heteroatoms. The van der Waals surface area contributed by atoms with Crippen LogP contribution in [-0.2, 0) is 0 Å². The largest absolute Gasteiger partial charge is 0.507 e. The van der Waals surface area contributed by atoms with Gasteiger partial charge < -0.3 is 5.11 Å². The molecular formula is C19H17ClN4O. The Morgan fingerprint density at radius 3 is 2.72 bits per heavy atom. The number of nitrogens with one attached hydrogen (secondary N) is 1. The van der Waals surface area contributed by atoms with Crippen LogP contribution in [0, 0.1) is 0 Å². The van der Waals surface area contributed by atoms with Crippen molar-refractivity contribution in [2.45, 2.75) is 19.9 Å². The van der Waals surface area contributed by atoms with E-state index in [9.17, 15) is 5.11 Å². The highest BCUT2D eigenvalue weighted by Crippen LogP contribution is 2.34. The highest BCUT2D eigenvalue weighted by atomic mass is 35.5. The number of phenolic OH excluding ortho intramolecular Hbond substituents is 1. The molecule has 2 heterocycles. The zero-order valence-corrected chi connectivity index (χ0v) is 14.6. The van der Waals surface area contributed by atoms with Gasteiger partial charge in [0.25, 0.3) is 0 Å². The lowest BCUT2D eigenvalue weighted by atomic mass is 10.1. The Hall–Kier alpha value is -2.79. The lowest BCUT2D eigenvalue weighted by Crippen LogP contribution is -2.02. The molecule has 0 saturated heterocycles. The first kappa shape index (κ1) is 15.7. The maximum absolute atomic E-state index is 10.1. The van der Waals surface area contributed by atoms with Gasteiger partial charge in [0.15, 0.2) is 0 Å². The number of aromatic amines is 1. The summed E-state index contributed by atoms with van der Waals surface area (Å²) in [5.41, 5.74) is 3.92. The quantitative estimate of drug-likeness (QED) is 0.543. The van der Waals surface area contributed by atoms with E-state index in [2.05, 4.69) is 30.1 Å². The number of aromatic nitrogens is 4. The molecule has 0 radical (unpaired) electrons. The standard InChI is InChI=1S/C19H17ClN4O/c1-11(2)24-17-6-4-3-5-13(17)19(23-24)16-10-15(21-22-16)14-9-12(20)7-8-18(14)25/h3-11,25H,1-2H3,(H,21,22). The van der Waals surface area contributed by atoms with Crippen molar-refractivity contribution in [2.75, 3.05) is 0 Å². The number of para-hydroxylation sites is 1. The highest BCUT2D eigenvalue weighted by Gasteiger charge is 2.17. The number of benzene rings is 2. The van der Waals surface area contributed by atoms with Gasteiger partial charge in [-0.1, -0.05) is 29.8 Å². The third kappa shape index (κ3) is 2.66. The van der Waals surface area contributed by atoms with E-state index in [1.165, 1.54) is 0 Å². The number of aromatic hydroxyl groups is 1. The van der Waals surface area contributed by atoms with Crippen molar-refractivity contribution in [3.05, 3.63) is 53.6 Å². The third-order valence-corrected chi connectivity index (χ3v) is 4.41. The maximum atomic E-state index is 10.1. The summed E-state index contributed by atoms with van der Waals surface area (Å²) < 4.78 is 2.00. The van der Waals surface area contributed by atoms with Crippen LogP contribution in [0.15, 0.2) is 48.5 Å². The molecule has 0 aliphatic rings. The van der Waals surface area contributed by atoms with Gasteiger partial charge in [-0.25, -0.2) is 0 Å². The number of fused-ring (bicyclic) bond motifs is 1. The van der Waals surface area contributed by atoms with Crippen molar-refractivity contribution >= 4 is 22.5 Å². The maximum Gasteiger partial charge on any atom is 0.125 e. The van der Waals surface area contributed by atoms with Gasteiger partial charge in [0.05, 0.1) is 16.9 Å². The van der Waals surface area contributed by atoms with Crippen LogP contribution in [-0.4, -0.2) is 25.1 Å². The van der Waals surface area contributed by atoms with Crippen molar-refractivity contribution < 1.29 is 5.11 Å². The molecular weight excluding hydrogens is 336 g/mol. The summed E-state index contributed by atoms with van der Waals surface area (Å²) in [6, 6.07) is 15.2. The van der Waals surface area contributed by atoms with E-state index >= 15 is 0 Å². The smallest absolute Gasteiger partial charge is 0.125 e. The summed E-state index contributed by atoms with van der Waals surface area (Å²) in [7, 11) is 0. The second kappa shape index (κ2) is 5.93. The van der Waals surface area contributed by atoms with Gasteiger partial charge >= 0.3 is 0 Å². The van der Waals surface area contributed by atoms with Crippen molar-refractivity contribution in [1.29, 1.82) is 0 Å². The van der Waals surface area contributed by atoms with Gasteiger partial charge in [-0.2, -0.15) is 10.2 Å². The predicted octanol–water partition coefficient (Wildman–Crippen LogP) is 5.03. The van der Waals surface area contributed by atoms with Crippen LogP contribution in [0.5, 0.6) is 5.75 Å². The number of hydrogen-bond donors (Lipinski definition) is 2. The van der Waals surface area contributed by atoms with Crippen LogP contribution in [0.3, 0.4) is 0 Å². The Labute approximate surface area is 149 Å². The van der Waals surface area contributed by atoms with Gasteiger partial charge in [-0.3, -0.25) is 9.78 Å². The molecule has 4 aromatic rings. The van der Waals surface area contributed by atoms with Crippen LogP contribution in [0.4, 0.5) is 0 Å².